The van der Waals surface area contributed by atoms with Gasteiger partial charge in [-0.15, -0.1) is 0 Å². The van der Waals surface area contributed by atoms with Crippen molar-refractivity contribution in [3.8, 4) is 0 Å². The molecule has 0 spiro atoms. The predicted octanol–water partition coefficient (Wildman–Crippen LogP) is -1.07. The first kappa shape index (κ1) is 12.5. The minimum Gasteiger partial charge on any atom is -0.481 e. The van der Waals surface area contributed by atoms with Crippen LogP contribution in [0.25, 0.3) is 0 Å². The Bertz CT molecular complexity index is 303. The van der Waals surface area contributed by atoms with E-state index in [0.29, 0.717) is 0 Å². The zero-order valence-corrected chi connectivity index (χ0v) is 8.37. The molecule has 88 valence electrons. The fraction of sp³-hybridized carbons (Fsp3) is 0.571. The Morgan fingerprint density at radius 2 is 2.31 bits per heavy atom. The van der Waals surface area contributed by atoms with Crippen LogP contribution in [0.3, 0.4) is 0 Å². The highest BCUT2D eigenvalue weighted by Gasteiger charge is 2.40. The lowest BCUT2D eigenvalue weighted by atomic mass is 10.1. The van der Waals surface area contributed by atoms with Crippen LogP contribution in [0.4, 0.5) is 0 Å². The molecule has 1 rings (SSSR count). The molecule has 1 fully saturated rings. The van der Waals surface area contributed by atoms with Gasteiger partial charge in [0.05, 0.1) is 6.42 Å². The van der Waals surface area contributed by atoms with Crippen LogP contribution < -0.4 is 0 Å². The van der Waals surface area contributed by atoms with Crippen LogP contribution in [0.15, 0.2) is 0 Å². The molecule has 1 heterocycles. The second-order valence-corrected chi connectivity index (χ2v) is 2.84. The van der Waals surface area contributed by atoms with Gasteiger partial charge in [-0.3, -0.25) is 14.4 Å². The molecule has 1 saturated heterocycles. The molecule has 0 aromatic rings. The summed E-state index contributed by atoms with van der Waals surface area (Å²) in [6.45, 7) is 0. The van der Waals surface area contributed by atoms with Crippen molar-refractivity contribution in [2.45, 2.75) is 19.1 Å². The zero-order chi connectivity index (χ0) is 12.1. The number of carboxylic acid groups (broad SMARTS) is 1. The van der Waals surface area contributed by atoms with Crippen molar-refractivity contribution in [3.05, 3.63) is 0 Å². The minimum absolute atomic E-state index is 0.122. The summed E-state index contributed by atoms with van der Waals surface area (Å²) in [6.07, 6.45) is -1.83. The molecule has 1 aliphatic heterocycles. The third-order valence-electron chi connectivity index (χ3n) is 1.61. The lowest BCUT2D eigenvalue weighted by Crippen LogP contribution is -2.43. The van der Waals surface area contributed by atoms with Crippen LogP contribution >= 0.6 is 0 Å². The van der Waals surface area contributed by atoms with E-state index in [4.69, 9.17) is 14.5 Å². The summed E-state index contributed by atoms with van der Waals surface area (Å²) in [4.78, 5) is 32.0. The Kier molecular flexibility index (Phi) is 4.26. The number of ether oxygens (including phenoxy) is 1. The third kappa shape index (κ3) is 3.87. The van der Waals surface area contributed by atoms with Crippen LogP contribution in [-0.4, -0.2) is 43.7 Å². The van der Waals surface area contributed by atoms with Gasteiger partial charge >= 0.3 is 19.3 Å². The summed E-state index contributed by atoms with van der Waals surface area (Å²) < 4.78 is 18.5. The van der Waals surface area contributed by atoms with Crippen molar-refractivity contribution >= 4 is 25.2 Å². The second kappa shape index (κ2) is 5.47. The molecule has 1 N–H and O–H groups in total. The Morgan fingerprint density at radius 3 is 2.88 bits per heavy atom. The fourth-order valence-electron chi connectivity index (χ4n) is 0.955. The maximum absolute atomic E-state index is 11.0. The molecule has 0 aliphatic carbocycles. The first-order valence-electron chi connectivity index (χ1n) is 4.30. The highest BCUT2D eigenvalue weighted by atomic mass is 16.8. The molecule has 0 aromatic heterocycles. The molecule has 0 aromatic carbocycles. The van der Waals surface area contributed by atoms with Crippen LogP contribution in [0.1, 0.15) is 12.8 Å². The maximum Gasteiger partial charge on any atom is 0.793 e. The van der Waals surface area contributed by atoms with Crippen LogP contribution in [0.2, 0.25) is 0 Å². The van der Waals surface area contributed by atoms with Gasteiger partial charge in [0.15, 0.2) is 6.29 Å². The van der Waals surface area contributed by atoms with Gasteiger partial charge in [0.25, 0.3) is 5.97 Å². The van der Waals surface area contributed by atoms with E-state index in [9.17, 15) is 14.4 Å². The SMILES string of the molecule is COC1CC(=O)OB(OC(=O)CC(=O)O)O1. The number of carboxylic acids is 1. The lowest BCUT2D eigenvalue weighted by molar-refractivity contribution is -0.168. The van der Waals surface area contributed by atoms with Gasteiger partial charge in [0.2, 0.25) is 0 Å². The molecule has 0 radical (unpaired) electrons. The van der Waals surface area contributed by atoms with E-state index in [-0.39, 0.29) is 6.42 Å². The zero-order valence-electron chi connectivity index (χ0n) is 8.37. The summed E-state index contributed by atoms with van der Waals surface area (Å²) in [7, 11) is -0.252. The van der Waals surface area contributed by atoms with E-state index in [1.807, 2.05) is 0 Å². The number of hydrogen-bond acceptors (Lipinski definition) is 7. The molecule has 9 heteroatoms. The Hall–Kier alpha value is -1.61. The highest BCUT2D eigenvalue weighted by Crippen LogP contribution is 2.12. The number of aliphatic carboxylic acids is 1. The van der Waals surface area contributed by atoms with Crippen molar-refractivity contribution in [1.29, 1.82) is 0 Å². The van der Waals surface area contributed by atoms with E-state index in [1.54, 1.807) is 0 Å². The van der Waals surface area contributed by atoms with Crippen molar-refractivity contribution in [1.82, 2.24) is 0 Å². The van der Waals surface area contributed by atoms with Gasteiger partial charge in [-0.05, 0) is 0 Å². The first-order chi connectivity index (χ1) is 7.51. The smallest absolute Gasteiger partial charge is 0.481 e. The van der Waals surface area contributed by atoms with Crippen molar-refractivity contribution < 1.29 is 38.2 Å². The van der Waals surface area contributed by atoms with Gasteiger partial charge in [-0.1, -0.05) is 0 Å². The largest absolute Gasteiger partial charge is 0.793 e. The Labute approximate surface area is 90.6 Å². The molecule has 1 unspecified atom stereocenters. The normalized spacial score (nSPS) is 20.2. The first-order valence-corrected chi connectivity index (χ1v) is 4.30. The van der Waals surface area contributed by atoms with Crippen molar-refractivity contribution in [2.75, 3.05) is 7.11 Å². The molecular formula is C7H9BO8. The van der Waals surface area contributed by atoms with Gasteiger partial charge < -0.3 is 23.8 Å². The quantitative estimate of drug-likeness (QED) is 0.481. The summed E-state index contributed by atoms with van der Waals surface area (Å²) in [5.41, 5.74) is 0. The summed E-state index contributed by atoms with van der Waals surface area (Å²) in [5.74, 6) is -3.08. The number of hydrogen-bond donors (Lipinski definition) is 1. The monoisotopic (exact) mass is 232 g/mol. The minimum atomic E-state index is -1.56. The Morgan fingerprint density at radius 1 is 1.62 bits per heavy atom. The van der Waals surface area contributed by atoms with E-state index in [2.05, 4.69) is 9.31 Å². The maximum atomic E-state index is 11.0. The van der Waals surface area contributed by atoms with Crippen LogP contribution in [0, 0.1) is 0 Å². The molecule has 16 heavy (non-hydrogen) atoms. The molecule has 8 nitrogen and oxygen atoms in total. The van der Waals surface area contributed by atoms with E-state index < -0.39 is 37.9 Å². The number of methoxy groups -OCH3 is 1. The van der Waals surface area contributed by atoms with Gasteiger partial charge in [0.1, 0.15) is 6.42 Å². The molecule has 0 amide bonds. The summed E-state index contributed by atoms with van der Waals surface area (Å²) >= 11 is 0. The number of rotatable bonds is 4. The predicted molar refractivity (Wildman–Crippen MR) is 46.7 cm³/mol. The highest BCUT2D eigenvalue weighted by molar-refractivity contribution is 6.42. The van der Waals surface area contributed by atoms with Gasteiger partial charge in [-0.25, -0.2) is 0 Å². The molecule has 1 aliphatic rings. The van der Waals surface area contributed by atoms with E-state index in [0.717, 1.165) is 0 Å². The number of carbonyl (C=O) groups excluding carboxylic acids is 2. The van der Waals surface area contributed by atoms with E-state index in [1.165, 1.54) is 7.11 Å². The summed E-state index contributed by atoms with van der Waals surface area (Å²) in [6, 6.07) is 0. The average molecular weight is 232 g/mol. The third-order valence-corrected chi connectivity index (χ3v) is 1.61. The van der Waals surface area contributed by atoms with Crippen molar-refractivity contribution in [2.24, 2.45) is 0 Å². The van der Waals surface area contributed by atoms with Crippen LogP contribution in [0.5, 0.6) is 0 Å². The molecular weight excluding hydrogens is 223 g/mol. The van der Waals surface area contributed by atoms with E-state index >= 15 is 0 Å². The molecule has 0 bridgehead atoms. The van der Waals surface area contributed by atoms with Gasteiger partial charge in [0, 0.05) is 7.11 Å². The Balaban J connectivity index is 2.44. The lowest BCUT2D eigenvalue weighted by Gasteiger charge is -2.24. The average Bonchev–Trinajstić information content (AvgIpc) is 2.14. The van der Waals surface area contributed by atoms with Gasteiger partial charge in [-0.2, -0.15) is 0 Å². The number of carbonyl (C=O) groups is 3. The van der Waals surface area contributed by atoms with Crippen LogP contribution in [-0.2, 0) is 33.1 Å². The second-order valence-electron chi connectivity index (χ2n) is 2.84. The topological polar surface area (TPSA) is 108 Å². The fourth-order valence-corrected chi connectivity index (χ4v) is 0.955. The van der Waals surface area contributed by atoms with Crippen molar-refractivity contribution in [3.63, 3.8) is 0 Å². The molecule has 1 atom stereocenters. The molecule has 0 saturated carbocycles. The standard InChI is InChI=1S/C7H9BO8/c1-13-7-3-6(12)15-8(16-7)14-5(11)2-4(9)10/h7H,2-3H2,1H3,(H,9,10). The summed E-state index contributed by atoms with van der Waals surface area (Å²) in [5, 5.41) is 8.29.